The number of rotatable bonds is 2. The van der Waals surface area contributed by atoms with Crippen molar-refractivity contribution in [1.29, 1.82) is 0 Å². The number of halogens is 1. The van der Waals surface area contributed by atoms with Crippen LogP contribution in [0, 0.1) is 5.82 Å². The third-order valence-corrected chi connectivity index (χ3v) is 6.28. The molecule has 0 spiro atoms. The summed E-state index contributed by atoms with van der Waals surface area (Å²) in [5.74, 6) is 0.277. The molecular weight excluding hydrogens is 347 g/mol. The lowest BCUT2D eigenvalue weighted by Crippen LogP contribution is -2.26. The monoisotopic (exact) mass is 366 g/mol. The summed E-state index contributed by atoms with van der Waals surface area (Å²) < 4.78 is 17.2. The summed E-state index contributed by atoms with van der Waals surface area (Å²) in [4.78, 5) is 4.85. The Morgan fingerprint density at radius 2 is 2.00 bits per heavy atom. The summed E-state index contributed by atoms with van der Waals surface area (Å²) in [5.41, 5.74) is 3.35. The summed E-state index contributed by atoms with van der Waals surface area (Å²) >= 11 is 1.78. The molecular formula is C20H19FN4S. The fourth-order valence-corrected chi connectivity index (χ4v) is 4.92. The number of thiazole rings is 1. The molecule has 1 fully saturated rings. The van der Waals surface area contributed by atoms with Crippen LogP contribution < -0.4 is 5.32 Å². The van der Waals surface area contributed by atoms with E-state index in [1.165, 1.54) is 9.71 Å². The second-order valence-electron chi connectivity index (χ2n) is 6.96. The maximum absolute atomic E-state index is 14.4. The van der Waals surface area contributed by atoms with Crippen LogP contribution in [-0.4, -0.2) is 27.9 Å². The van der Waals surface area contributed by atoms with E-state index in [1.807, 2.05) is 25.4 Å². The number of aryl methyl sites for hydroxylation is 1. The van der Waals surface area contributed by atoms with Gasteiger partial charge < -0.3 is 5.32 Å². The van der Waals surface area contributed by atoms with Gasteiger partial charge in [0.2, 0.25) is 0 Å². The summed E-state index contributed by atoms with van der Waals surface area (Å²) in [6, 6.07) is 9.80. The number of aromatic nitrogens is 3. The highest BCUT2D eigenvalue weighted by Gasteiger charge is 2.19. The molecule has 0 amide bonds. The van der Waals surface area contributed by atoms with Gasteiger partial charge in [-0.15, -0.1) is 11.3 Å². The number of hydrogen-bond donors (Lipinski definition) is 1. The number of nitrogens with one attached hydrogen (secondary N) is 1. The normalized spacial score (nSPS) is 15.9. The van der Waals surface area contributed by atoms with E-state index in [-0.39, 0.29) is 5.82 Å². The molecule has 4 aromatic rings. The molecule has 5 rings (SSSR count). The van der Waals surface area contributed by atoms with Gasteiger partial charge in [0.25, 0.3) is 0 Å². The zero-order chi connectivity index (χ0) is 17.7. The molecule has 6 heteroatoms. The molecule has 26 heavy (non-hydrogen) atoms. The van der Waals surface area contributed by atoms with Crippen molar-refractivity contribution >= 4 is 32.5 Å². The molecule has 0 bridgehead atoms. The van der Waals surface area contributed by atoms with Crippen molar-refractivity contribution in [3.05, 3.63) is 47.4 Å². The molecule has 0 unspecified atom stereocenters. The van der Waals surface area contributed by atoms with Crippen LogP contribution >= 0.6 is 11.3 Å². The van der Waals surface area contributed by atoms with Crippen LogP contribution in [0.5, 0.6) is 0 Å². The van der Waals surface area contributed by atoms with E-state index in [9.17, 15) is 4.39 Å². The number of nitrogens with zero attached hydrogens (tertiary/aromatic N) is 3. The Bertz CT molecular complexity index is 1110. The topological polar surface area (TPSA) is 42.7 Å². The van der Waals surface area contributed by atoms with Gasteiger partial charge in [-0.1, -0.05) is 6.07 Å². The minimum atomic E-state index is -0.280. The van der Waals surface area contributed by atoms with E-state index in [0.29, 0.717) is 11.4 Å². The van der Waals surface area contributed by atoms with Crippen LogP contribution in [0.15, 0.2) is 36.5 Å². The minimum Gasteiger partial charge on any atom is -0.317 e. The summed E-state index contributed by atoms with van der Waals surface area (Å²) in [6.07, 6.45) is 4.15. The summed E-state index contributed by atoms with van der Waals surface area (Å²) in [7, 11) is 1.81. The van der Waals surface area contributed by atoms with Crippen LogP contribution in [0.2, 0.25) is 0 Å². The van der Waals surface area contributed by atoms with Crippen molar-refractivity contribution in [2.75, 3.05) is 13.1 Å². The van der Waals surface area contributed by atoms with Crippen molar-refractivity contribution < 1.29 is 4.39 Å². The number of piperidine rings is 1. The Labute approximate surface area is 154 Å². The van der Waals surface area contributed by atoms with E-state index in [0.717, 1.165) is 48.0 Å². The van der Waals surface area contributed by atoms with Crippen molar-refractivity contribution in [2.24, 2.45) is 7.05 Å². The van der Waals surface area contributed by atoms with E-state index in [2.05, 4.69) is 22.5 Å². The van der Waals surface area contributed by atoms with Gasteiger partial charge >= 0.3 is 0 Å². The summed E-state index contributed by atoms with van der Waals surface area (Å²) in [6.45, 7) is 2.13. The van der Waals surface area contributed by atoms with Crippen LogP contribution in [0.4, 0.5) is 4.39 Å². The van der Waals surface area contributed by atoms with Gasteiger partial charge in [0.1, 0.15) is 5.52 Å². The molecule has 2 aromatic heterocycles. The average molecular weight is 366 g/mol. The number of fused-ring (bicyclic) bond motifs is 2. The highest BCUT2D eigenvalue weighted by atomic mass is 32.1. The average Bonchev–Trinajstić information content (AvgIpc) is 3.24. The first kappa shape index (κ1) is 15.9. The first-order valence-electron chi connectivity index (χ1n) is 8.92. The second kappa shape index (κ2) is 6.14. The third-order valence-electron chi connectivity index (χ3n) is 5.10. The van der Waals surface area contributed by atoms with Crippen LogP contribution in [0.3, 0.4) is 0 Å². The van der Waals surface area contributed by atoms with Gasteiger partial charge in [-0.3, -0.25) is 4.68 Å². The molecule has 1 aliphatic heterocycles. The molecule has 3 heterocycles. The molecule has 0 radical (unpaired) electrons. The van der Waals surface area contributed by atoms with Gasteiger partial charge in [0.05, 0.1) is 15.2 Å². The predicted molar refractivity (Wildman–Crippen MR) is 104 cm³/mol. The first-order chi connectivity index (χ1) is 12.7. The third kappa shape index (κ3) is 2.70. The number of benzene rings is 2. The molecule has 0 atom stereocenters. The molecule has 1 saturated heterocycles. The molecule has 1 aliphatic rings. The van der Waals surface area contributed by atoms with Gasteiger partial charge in [-0.2, -0.15) is 5.10 Å². The van der Waals surface area contributed by atoms with Crippen LogP contribution in [-0.2, 0) is 7.05 Å². The summed E-state index contributed by atoms with van der Waals surface area (Å²) in [5, 5.41) is 9.64. The molecule has 132 valence electrons. The first-order valence-corrected chi connectivity index (χ1v) is 9.73. The van der Waals surface area contributed by atoms with Gasteiger partial charge in [0, 0.05) is 24.5 Å². The maximum atomic E-state index is 14.4. The Morgan fingerprint density at radius 1 is 1.15 bits per heavy atom. The van der Waals surface area contributed by atoms with Crippen LogP contribution in [0.25, 0.3) is 32.2 Å². The lowest BCUT2D eigenvalue weighted by atomic mass is 9.99. The van der Waals surface area contributed by atoms with Crippen molar-refractivity contribution in [3.8, 4) is 11.1 Å². The fraction of sp³-hybridized carbons (Fsp3) is 0.300. The minimum absolute atomic E-state index is 0.280. The zero-order valence-corrected chi connectivity index (χ0v) is 15.3. The zero-order valence-electron chi connectivity index (χ0n) is 14.5. The SMILES string of the molecule is Cn1cc2cc(-c3ccc4nc(C5CCNCC5)sc4c3)cc(F)c2n1. The van der Waals surface area contributed by atoms with E-state index < -0.39 is 0 Å². The van der Waals surface area contributed by atoms with Gasteiger partial charge in [0.15, 0.2) is 5.82 Å². The Hall–Kier alpha value is -2.31. The van der Waals surface area contributed by atoms with Crippen LogP contribution in [0.1, 0.15) is 23.8 Å². The highest BCUT2D eigenvalue weighted by Crippen LogP contribution is 2.35. The lowest BCUT2D eigenvalue weighted by molar-refractivity contribution is 0.459. The molecule has 0 saturated carbocycles. The van der Waals surface area contributed by atoms with E-state index in [4.69, 9.17) is 4.98 Å². The Morgan fingerprint density at radius 3 is 2.85 bits per heavy atom. The Balaban J connectivity index is 1.56. The smallest absolute Gasteiger partial charge is 0.151 e. The molecule has 4 nitrogen and oxygen atoms in total. The van der Waals surface area contributed by atoms with E-state index in [1.54, 1.807) is 22.1 Å². The van der Waals surface area contributed by atoms with E-state index >= 15 is 0 Å². The standard InChI is InChI=1S/C20H19FN4S/c1-25-11-15-8-14(9-16(21)19(15)24-25)13-2-3-17-18(10-13)26-20(23-17)12-4-6-22-7-5-12/h2-3,8-12,22H,4-7H2,1H3. The van der Waals surface area contributed by atoms with Gasteiger partial charge in [-0.25, -0.2) is 9.37 Å². The highest BCUT2D eigenvalue weighted by molar-refractivity contribution is 7.18. The lowest BCUT2D eigenvalue weighted by Gasteiger charge is -2.20. The quantitative estimate of drug-likeness (QED) is 0.570. The predicted octanol–water partition coefficient (Wildman–Crippen LogP) is 4.46. The number of hydrogen-bond acceptors (Lipinski definition) is 4. The Kier molecular flexibility index (Phi) is 3.76. The van der Waals surface area contributed by atoms with Crippen molar-refractivity contribution in [3.63, 3.8) is 0 Å². The molecule has 0 aliphatic carbocycles. The maximum Gasteiger partial charge on any atom is 0.151 e. The molecule has 2 aromatic carbocycles. The second-order valence-corrected chi connectivity index (χ2v) is 8.02. The fourth-order valence-electron chi connectivity index (χ4n) is 3.74. The van der Waals surface area contributed by atoms with Gasteiger partial charge in [-0.05, 0) is 61.3 Å². The van der Waals surface area contributed by atoms with Crippen molar-refractivity contribution in [1.82, 2.24) is 20.1 Å². The largest absolute Gasteiger partial charge is 0.317 e. The van der Waals surface area contributed by atoms with Crippen molar-refractivity contribution in [2.45, 2.75) is 18.8 Å². The molecule has 1 N–H and O–H groups in total.